The number of hydrogen-bond donors (Lipinski definition) is 0. The normalized spacial score (nSPS) is 32.1. The average Bonchev–Trinajstić information content (AvgIpc) is 2.66. The van der Waals surface area contributed by atoms with Gasteiger partial charge in [-0.1, -0.05) is 29.4 Å². The van der Waals surface area contributed by atoms with Gasteiger partial charge in [0.1, 0.15) is 6.29 Å². The molecule has 0 saturated carbocycles. The highest BCUT2D eigenvalue weighted by molar-refractivity contribution is 5.78. The Balaban J connectivity index is 2.40. The van der Waals surface area contributed by atoms with Crippen molar-refractivity contribution in [3.05, 3.63) is 34.9 Å². The molecule has 1 saturated heterocycles. The molecule has 0 aromatic carbocycles. The smallest absolute Gasteiger partial charge is 0.312 e. The lowest BCUT2D eigenvalue weighted by Gasteiger charge is -2.41. The van der Waals surface area contributed by atoms with E-state index in [4.69, 9.17) is 9.47 Å². The molecule has 0 spiro atoms. The van der Waals surface area contributed by atoms with Gasteiger partial charge in [-0.25, -0.2) is 0 Å². The van der Waals surface area contributed by atoms with E-state index in [1.165, 1.54) is 18.1 Å². The van der Waals surface area contributed by atoms with Gasteiger partial charge in [0.15, 0.2) is 0 Å². The van der Waals surface area contributed by atoms with E-state index in [1.54, 1.807) is 0 Å². The summed E-state index contributed by atoms with van der Waals surface area (Å²) in [6.45, 7) is 7.41. The van der Waals surface area contributed by atoms with Gasteiger partial charge in [-0.05, 0) is 64.4 Å². The predicted molar refractivity (Wildman–Crippen MR) is 103 cm³/mol. The van der Waals surface area contributed by atoms with Crippen molar-refractivity contribution in [2.75, 3.05) is 0 Å². The minimum Gasteiger partial charge on any atom is -0.425 e. The zero-order valence-corrected chi connectivity index (χ0v) is 16.7. The Labute approximate surface area is 161 Å². The van der Waals surface area contributed by atoms with Crippen molar-refractivity contribution in [3.63, 3.8) is 0 Å². The van der Waals surface area contributed by atoms with Gasteiger partial charge in [0.25, 0.3) is 6.29 Å². The lowest BCUT2D eigenvalue weighted by molar-refractivity contribution is -0.217. The fourth-order valence-corrected chi connectivity index (χ4v) is 3.99. The molecule has 1 fully saturated rings. The predicted octanol–water partition coefficient (Wildman–Crippen LogP) is 4.28. The number of allylic oxidation sites excluding steroid dienone is 5. The van der Waals surface area contributed by atoms with Crippen molar-refractivity contribution in [2.24, 2.45) is 17.8 Å². The number of aldehydes is 1. The molecular formula is C22H30O5. The Morgan fingerprint density at radius 2 is 2.04 bits per heavy atom. The fourth-order valence-electron chi connectivity index (χ4n) is 3.99. The molecule has 0 aromatic rings. The molecule has 5 nitrogen and oxygen atoms in total. The number of rotatable bonds is 5. The molecular weight excluding hydrogens is 344 g/mol. The van der Waals surface area contributed by atoms with Gasteiger partial charge in [0.05, 0.1) is 11.8 Å². The van der Waals surface area contributed by atoms with Crippen LogP contribution < -0.4 is 0 Å². The molecule has 0 aromatic heterocycles. The minimum absolute atomic E-state index is 0.0981. The highest BCUT2D eigenvalue weighted by atomic mass is 16.7. The van der Waals surface area contributed by atoms with Gasteiger partial charge in [-0.3, -0.25) is 14.4 Å². The first-order valence-electron chi connectivity index (χ1n) is 9.65. The van der Waals surface area contributed by atoms with E-state index in [1.807, 2.05) is 19.9 Å². The summed E-state index contributed by atoms with van der Waals surface area (Å²) in [5.74, 6) is -1.68. The van der Waals surface area contributed by atoms with Crippen LogP contribution in [0.15, 0.2) is 34.9 Å². The molecule has 27 heavy (non-hydrogen) atoms. The summed E-state index contributed by atoms with van der Waals surface area (Å²) in [6, 6.07) is 0. The second-order valence-electron chi connectivity index (χ2n) is 7.72. The largest absolute Gasteiger partial charge is 0.425 e. The van der Waals surface area contributed by atoms with E-state index < -0.39 is 18.2 Å². The van der Waals surface area contributed by atoms with Crippen molar-refractivity contribution in [3.8, 4) is 0 Å². The molecule has 148 valence electrons. The van der Waals surface area contributed by atoms with Gasteiger partial charge in [-0.15, -0.1) is 0 Å². The third-order valence-corrected chi connectivity index (χ3v) is 5.33. The molecule has 1 aliphatic heterocycles. The van der Waals surface area contributed by atoms with Crippen LogP contribution in [0.2, 0.25) is 0 Å². The molecule has 0 N–H and O–H groups in total. The van der Waals surface area contributed by atoms with Crippen molar-refractivity contribution in [1.29, 1.82) is 0 Å². The first-order chi connectivity index (χ1) is 12.8. The maximum Gasteiger partial charge on any atom is 0.312 e. The topological polar surface area (TPSA) is 69.7 Å². The molecule has 1 heterocycles. The van der Waals surface area contributed by atoms with Crippen LogP contribution in [-0.2, 0) is 23.9 Å². The number of esters is 2. The number of ether oxygens (including phenoxy) is 2. The van der Waals surface area contributed by atoms with Crippen LogP contribution in [0, 0.1) is 17.8 Å². The number of carbonyl (C=O) groups is 3. The van der Waals surface area contributed by atoms with Crippen LogP contribution in [0.4, 0.5) is 0 Å². The van der Waals surface area contributed by atoms with Gasteiger partial charge >= 0.3 is 11.9 Å². The van der Waals surface area contributed by atoms with Crippen molar-refractivity contribution in [1.82, 2.24) is 0 Å². The van der Waals surface area contributed by atoms with E-state index in [-0.39, 0.29) is 17.8 Å². The quantitative estimate of drug-likeness (QED) is 0.408. The van der Waals surface area contributed by atoms with Crippen LogP contribution >= 0.6 is 0 Å². The summed E-state index contributed by atoms with van der Waals surface area (Å²) in [5, 5.41) is 0. The Kier molecular flexibility index (Phi) is 7.57. The maximum absolute atomic E-state index is 12.7. The molecule has 4 atom stereocenters. The van der Waals surface area contributed by atoms with E-state index >= 15 is 0 Å². The SMILES string of the molecule is CC(=O)OC1OC(=O)[C@@H](CCC=C(C)C)[C@H]2CC/C(C)=C/C/C=C(/C=O)[C@H]12. The minimum atomic E-state index is -1.03. The van der Waals surface area contributed by atoms with E-state index in [0.29, 0.717) is 18.4 Å². The van der Waals surface area contributed by atoms with Crippen molar-refractivity contribution >= 4 is 18.2 Å². The number of carbonyl (C=O) groups excluding carboxylic acids is 3. The standard InChI is InChI=1S/C22H30O5/c1-14(2)7-5-10-19-18-12-11-15(3)8-6-9-17(13-23)20(18)22(26-16(4)24)27-21(19)25/h7-9,13,18-20,22H,5-6,10-12H2,1-4H3/b15-8+,17-9-/t18-,19+,20+,22?/m1/s1. The highest BCUT2D eigenvalue weighted by Crippen LogP contribution is 2.43. The van der Waals surface area contributed by atoms with Gasteiger partial charge in [0, 0.05) is 6.92 Å². The van der Waals surface area contributed by atoms with Gasteiger partial charge in [-0.2, -0.15) is 0 Å². The van der Waals surface area contributed by atoms with Crippen LogP contribution in [0.3, 0.4) is 0 Å². The Morgan fingerprint density at radius 1 is 1.30 bits per heavy atom. The molecule has 0 amide bonds. The zero-order valence-electron chi connectivity index (χ0n) is 16.7. The lowest BCUT2D eigenvalue weighted by Crippen LogP contribution is -2.48. The number of fused-ring (bicyclic) bond motifs is 1. The monoisotopic (exact) mass is 374 g/mol. The summed E-state index contributed by atoms with van der Waals surface area (Å²) in [5.41, 5.74) is 3.00. The summed E-state index contributed by atoms with van der Waals surface area (Å²) < 4.78 is 10.8. The summed E-state index contributed by atoms with van der Waals surface area (Å²) in [7, 11) is 0. The molecule has 5 heteroatoms. The molecule has 0 radical (unpaired) electrons. The van der Waals surface area contributed by atoms with Gasteiger partial charge < -0.3 is 9.47 Å². The third kappa shape index (κ3) is 5.65. The van der Waals surface area contributed by atoms with Crippen LogP contribution in [-0.4, -0.2) is 24.5 Å². The molecule has 1 unspecified atom stereocenters. The second-order valence-corrected chi connectivity index (χ2v) is 7.72. The van der Waals surface area contributed by atoms with Crippen molar-refractivity contribution in [2.45, 2.75) is 66.1 Å². The molecule has 1 aliphatic carbocycles. The summed E-state index contributed by atoms with van der Waals surface area (Å²) in [6.07, 6.45) is 9.54. The Hall–Kier alpha value is -2.17. The molecule has 2 rings (SSSR count). The first-order valence-corrected chi connectivity index (χ1v) is 9.65. The Bertz CT molecular complexity index is 666. The molecule has 2 aliphatic rings. The summed E-state index contributed by atoms with van der Waals surface area (Å²) in [4.78, 5) is 36.1. The number of hydrogen-bond acceptors (Lipinski definition) is 5. The first kappa shape index (κ1) is 21.1. The fraction of sp³-hybridized carbons (Fsp3) is 0.591. The van der Waals surface area contributed by atoms with Gasteiger partial charge in [0.2, 0.25) is 0 Å². The van der Waals surface area contributed by atoms with Crippen molar-refractivity contribution < 1.29 is 23.9 Å². The average molecular weight is 374 g/mol. The lowest BCUT2D eigenvalue weighted by atomic mass is 9.71. The van der Waals surface area contributed by atoms with E-state index in [2.05, 4.69) is 19.1 Å². The van der Waals surface area contributed by atoms with Crippen LogP contribution in [0.25, 0.3) is 0 Å². The maximum atomic E-state index is 12.7. The second kappa shape index (κ2) is 9.67. The highest BCUT2D eigenvalue weighted by Gasteiger charge is 2.48. The van der Waals surface area contributed by atoms with Crippen LogP contribution in [0.1, 0.15) is 59.8 Å². The Morgan fingerprint density at radius 3 is 2.67 bits per heavy atom. The van der Waals surface area contributed by atoms with Crippen LogP contribution in [0.5, 0.6) is 0 Å². The third-order valence-electron chi connectivity index (χ3n) is 5.33. The molecule has 0 bridgehead atoms. The summed E-state index contributed by atoms with van der Waals surface area (Å²) >= 11 is 0. The zero-order chi connectivity index (χ0) is 20.0. The number of cyclic esters (lactones) is 1. The van der Waals surface area contributed by atoms with E-state index in [9.17, 15) is 14.4 Å². The van der Waals surface area contributed by atoms with E-state index in [0.717, 1.165) is 25.5 Å².